The fourth-order valence-electron chi connectivity index (χ4n) is 1.21. The van der Waals surface area contributed by atoms with E-state index in [1.807, 2.05) is 0 Å². The van der Waals surface area contributed by atoms with Crippen LogP contribution in [-0.4, -0.2) is 17.0 Å². The first kappa shape index (κ1) is 13.8. The van der Waals surface area contributed by atoms with Gasteiger partial charge in [0, 0.05) is 12.1 Å². The van der Waals surface area contributed by atoms with Crippen molar-refractivity contribution in [2.75, 3.05) is 5.32 Å². The third-order valence-corrected chi connectivity index (χ3v) is 2.83. The predicted octanol–water partition coefficient (Wildman–Crippen LogP) is 3.11. The molecule has 0 saturated heterocycles. The summed E-state index contributed by atoms with van der Waals surface area (Å²) in [5, 5.41) is 11.8. The van der Waals surface area contributed by atoms with Crippen molar-refractivity contribution < 1.29 is 14.7 Å². The van der Waals surface area contributed by atoms with Crippen LogP contribution in [0.2, 0.25) is 10.0 Å². The molecule has 0 aliphatic carbocycles. The Morgan fingerprint density at radius 2 is 1.82 bits per heavy atom. The Morgan fingerprint density at radius 1 is 1.24 bits per heavy atom. The molecule has 0 radical (unpaired) electrons. The van der Waals surface area contributed by atoms with Crippen molar-refractivity contribution in [1.29, 1.82) is 0 Å². The second-order valence-corrected chi connectivity index (χ2v) is 4.34. The zero-order valence-corrected chi connectivity index (χ0v) is 10.6. The predicted molar refractivity (Wildman–Crippen MR) is 66.7 cm³/mol. The average molecular weight is 276 g/mol. The van der Waals surface area contributed by atoms with Crippen molar-refractivity contribution in [3.05, 3.63) is 27.7 Å². The van der Waals surface area contributed by atoms with Crippen LogP contribution in [0.3, 0.4) is 0 Å². The lowest BCUT2D eigenvalue weighted by Gasteiger charge is -2.09. The molecule has 0 aromatic heterocycles. The van der Waals surface area contributed by atoms with Gasteiger partial charge in [0.15, 0.2) is 0 Å². The summed E-state index contributed by atoms with van der Waals surface area (Å²) in [7, 11) is 0. The van der Waals surface area contributed by atoms with Crippen LogP contribution < -0.4 is 5.32 Å². The number of anilines is 1. The lowest BCUT2D eigenvalue weighted by atomic mass is 10.2. The average Bonchev–Trinajstić information content (AvgIpc) is 2.23. The van der Waals surface area contributed by atoms with Crippen LogP contribution >= 0.6 is 23.2 Å². The Balaban J connectivity index is 2.71. The number of carboxylic acid groups (broad SMARTS) is 1. The van der Waals surface area contributed by atoms with Gasteiger partial charge >= 0.3 is 5.97 Å². The number of benzene rings is 1. The molecular formula is C11H11Cl2NO3. The van der Waals surface area contributed by atoms with Crippen molar-refractivity contribution in [3.8, 4) is 0 Å². The molecule has 0 spiro atoms. The van der Waals surface area contributed by atoms with Gasteiger partial charge in [-0.3, -0.25) is 9.59 Å². The summed E-state index contributed by atoms with van der Waals surface area (Å²) in [4.78, 5) is 21.7. The lowest BCUT2D eigenvalue weighted by Crippen LogP contribution is -2.13. The molecule has 6 heteroatoms. The van der Waals surface area contributed by atoms with E-state index in [2.05, 4.69) is 5.32 Å². The minimum atomic E-state index is -1.01. The molecule has 0 fully saturated rings. The summed E-state index contributed by atoms with van der Waals surface area (Å²) < 4.78 is 0. The summed E-state index contributed by atoms with van der Waals surface area (Å²) in [6.45, 7) is 1.77. The van der Waals surface area contributed by atoms with Gasteiger partial charge in [-0.25, -0.2) is 0 Å². The van der Waals surface area contributed by atoms with E-state index in [0.717, 1.165) is 5.56 Å². The number of nitrogens with one attached hydrogen (secondary N) is 1. The van der Waals surface area contributed by atoms with Gasteiger partial charge in [0.05, 0.1) is 16.5 Å². The van der Waals surface area contributed by atoms with E-state index in [4.69, 9.17) is 28.3 Å². The molecule has 1 amide bonds. The Hall–Kier alpha value is -1.26. The van der Waals surface area contributed by atoms with Crippen molar-refractivity contribution in [2.24, 2.45) is 0 Å². The number of hydrogen-bond donors (Lipinski definition) is 2. The number of halogens is 2. The van der Waals surface area contributed by atoms with E-state index in [9.17, 15) is 9.59 Å². The molecule has 0 saturated carbocycles. The van der Waals surface area contributed by atoms with Crippen molar-refractivity contribution in [3.63, 3.8) is 0 Å². The number of carboxylic acids is 1. The Bertz CT molecular complexity index is 460. The molecule has 4 nitrogen and oxygen atoms in total. The molecule has 0 bridgehead atoms. The second-order valence-electron chi connectivity index (χ2n) is 3.52. The minimum Gasteiger partial charge on any atom is -0.481 e. The van der Waals surface area contributed by atoms with Gasteiger partial charge in [-0.2, -0.15) is 0 Å². The Kier molecular flexibility index (Phi) is 4.78. The van der Waals surface area contributed by atoms with Crippen LogP contribution in [0.25, 0.3) is 0 Å². The third-order valence-electron chi connectivity index (χ3n) is 2.11. The topological polar surface area (TPSA) is 66.4 Å². The molecule has 1 aromatic rings. The zero-order valence-electron chi connectivity index (χ0n) is 9.09. The zero-order chi connectivity index (χ0) is 13.0. The van der Waals surface area contributed by atoms with Crippen LogP contribution in [0, 0.1) is 6.92 Å². The normalized spacial score (nSPS) is 10.1. The number of amides is 1. The Labute approximate surface area is 109 Å². The summed E-state index contributed by atoms with van der Waals surface area (Å²) >= 11 is 11.6. The van der Waals surface area contributed by atoms with E-state index in [-0.39, 0.29) is 18.7 Å². The monoisotopic (exact) mass is 275 g/mol. The third kappa shape index (κ3) is 4.24. The van der Waals surface area contributed by atoms with E-state index in [1.165, 1.54) is 6.07 Å². The lowest BCUT2D eigenvalue weighted by molar-refractivity contribution is -0.138. The molecule has 92 valence electrons. The SMILES string of the molecule is Cc1cc(Cl)c(Cl)cc1NC(=O)CCC(=O)O. The highest BCUT2D eigenvalue weighted by Gasteiger charge is 2.09. The van der Waals surface area contributed by atoms with E-state index in [1.54, 1.807) is 13.0 Å². The van der Waals surface area contributed by atoms with Gasteiger partial charge in [-0.1, -0.05) is 23.2 Å². The van der Waals surface area contributed by atoms with Gasteiger partial charge in [-0.05, 0) is 24.6 Å². The maximum atomic E-state index is 11.4. The molecule has 2 N–H and O–H groups in total. The maximum absolute atomic E-state index is 11.4. The number of rotatable bonds is 4. The van der Waals surface area contributed by atoms with Crippen LogP contribution in [-0.2, 0) is 9.59 Å². The first-order chi connectivity index (χ1) is 7.90. The second kappa shape index (κ2) is 5.89. The van der Waals surface area contributed by atoms with Gasteiger partial charge < -0.3 is 10.4 Å². The van der Waals surface area contributed by atoms with Crippen LogP contribution in [0.4, 0.5) is 5.69 Å². The van der Waals surface area contributed by atoms with Crippen LogP contribution in [0.15, 0.2) is 12.1 Å². The van der Waals surface area contributed by atoms with Gasteiger partial charge in [0.1, 0.15) is 0 Å². The van der Waals surface area contributed by atoms with Gasteiger partial charge in [0.2, 0.25) is 5.91 Å². The molecule has 0 unspecified atom stereocenters. The molecule has 0 heterocycles. The first-order valence-electron chi connectivity index (χ1n) is 4.87. The van der Waals surface area contributed by atoms with Crippen molar-refractivity contribution >= 4 is 40.8 Å². The highest BCUT2D eigenvalue weighted by molar-refractivity contribution is 6.42. The smallest absolute Gasteiger partial charge is 0.303 e. The number of aliphatic carboxylic acids is 1. The molecule has 1 aromatic carbocycles. The molecular weight excluding hydrogens is 265 g/mol. The van der Waals surface area contributed by atoms with Crippen molar-refractivity contribution in [1.82, 2.24) is 0 Å². The highest BCUT2D eigenvalue weighted by Crippen LogP contribution is 2.28. The summed E-state index contributed by atoms with van der Waals surface area (Å²) in [5.74, 6) is -1.38. The number of carbonyl (C=O) groups is 2. The quantitative estimate of drug-likeness (QED) is 0.887. The fourth-order valence-corrected chi connectivity index (χ4v) is 1.60. The van der Waals surface area contributed by atoms with Crippen LogP contribution in [0.1, 0.15) is 18.4 Å². The molecule has 1 rings (SSSR count). The highest BCUT2D eigenvalue weighted by atomic mass is 35.5. The number of hydrogen-bond acceptors (Lipinski definition) is 2. The summed E-state index contributed by atoms with van der Waals surface area (Å²) in [5.41, 5.74) is 1.30. The standard InChI is InChI=1S/C11H11Cl2NO3/c1-6-4-7(12)8(13)5-9(6)14-10(15)2-3-11(16)17/h4-5H,2-3H2,1H3,(H,14,15)(H,16,17). The molecule has 0 atom stereocenters. The van der Waals surface area contributed by atoms with Crippen molar-refractivity contribution in [2.45, 2.75) is 19.8 Å². The minimum absolute atomic E-state index is 0.0744. The van der Waals surface area contributed by atoms with E-state index in [0.29, 0.717) is 15.7 Å². The van der Waals surface area contributed by atoms with Gasteiger partial charge in [-0.15, -0.1) is 0 Å². The largest absolute Gasteiger partial charge is 0.481 e. The Morgan fingerprint density at radius 3 is 2.41 bits per heavy atom. The van der Waals surface area contributed by atoms with Gasteiger partial charge in [0.25, 0.3) is 0 Å². The van der Waals surface area contributed by atoms with E-state index >= 15 is 0 Å². The summed E-state index contributed by atoms with van der Waals surface area (Å²) in [6.07, 6.45) is -0.277. The van der Waals surface area contributed by atoms with Crippen LogP contribution in [0.5, 0.6) is 0 Å². The summed E-state index contributed by atoms with van der Waals surface area (Å²) in [6, 6.07) is 3.18. The molecule has 0 aliphatic rings. The molecule has 17 heavy (non-hydrogen) atoms. The fraction of sp³-hybridized carbons (Fsp3) is 0.273. The number of carbonyl (C=O) groups excluding carboxylic acids is 1. The number of aryl methyl sites for hydroxylation is 1. The first-order valence-corrected chi connectivity index (χ1v) is 5.63. The molecule has 0 aliphatic heterocycles. The van der Waals surface area contributed by atoms with E-state index < -0.39 is 5.97 Å². The maximum Gasteiger partial charge on any atom is 0.303 e.